The van der Waals surface area contributed by atoms with Gasteiger partial charge in [-0.05, 0) is 37.1 Å². The summed E-state index contributed by atoms with van der Waals surface area (Å²) in [6.45, 7) is 8.22. The maximum absolute atomic E-state index is 12.6. The van der Waals surface area contributed by atoms with Crippen molar-refractivity contribution < 1.29 is 39.5 Å². The Balaban J connectivity index is 0.000000274. The number of rotatable bonds is 9. The Morgan fingerprint density at radius 3 is 2.05 bits per heavy atom. The van der Waals surface area contributed by atoms with Crippen LogP contribution in [0.4, 0.5) is 0 Å². The second-order valence-electron chi connectivity index (χ2n) is 9.96. The highest BCUT2D eigenvalue weighted by Crippen LogP contribution is 2.29. The van der Waals surface area contributed by atoms with Crippen LogP contribution < -0.4 is 16.2 Å². The molecule has 4 rings (SSSR count). The van der Waals surface area contributed by atoms with Crippen LogP contribution in [-0.2, 0) is 13.0 Å². The molecule has 0 aliphatic rings. The predicted octanol–water partition coefficient (Wildman–Crippen LogP) is 3.61. The van der Waals surface area contributed by atoms with E-state index in [1.165, 1.54) is 28.8 Å². The topological polar surface area (TPSA) is 200 Å². The quantitative estimate of drug-likeness (QED) is 0.158. The number of hydrogen-bond acceptors (Lipinski definition) is 9. The molecule has 0 saturated carbocycles. The van der Waals surface area contributed by atoms with Gasteiger partial charge in [-0.3, -0.25) is 9.59 Å². The molecule has 2 aromatic heterocycles. The number of aliphatic hydroxyl groups is 1. The van der Waals surface area contributed by atoms with Gasteiger partial charge >= 0.3 is 11.9 Å². The van der Waals surface area contributed by atoms with Crippen LogP contribution in [0.5, 0.6) is 11.5 Å². The van der Waals surface area contributed by atoms with E-state index in [4.69, 9.17) is 4.42 Å². The first-order valence-corrected chi connectivity index (χ1v) is 13.4. The minimum Gasteiger partial charge on any atom is -0.508 e. The van der Waals surface area contributed by atoms with Gasteiger partial charge in [0.05, 0.1) is 17.0 Å². The van der Waals surface area contributed by atoms with Gasteiger partial charge < -0.3 is 39.8 Å². The number of carbonyl (C=O) groups is 2. The van der Waals surface area contributed by atoms with Crippen LogP contribution in [0.25, 0.3) is 21.9 Å². The third-order valence-electron chi connectivity index (χ3n) is 6.46. The molecule has 0 fully saturated rings. The molecule has 1 atom stereocenters. The first-order chi connectivity index (χ1) is 19.8. The van der Waals surface area contributed by atoms with E-state index in [-0.39, 0.29) is 46.1 Å². The monoisotopic (exact) mass is 582 g/mol. The molecule has 2 aromatic carbocycles. The Morgan fingerprint density at radius 2 is 1.52 bits per heavy atom. The van der Waals surface area contributed by atoms with Crippen molar-refractivity contribution in [1.29, 1.82) is 0 Å². The number of aromatic hydroxyl groups is 2. The van der Waals surface area contributed by atoms with Crippen molar-refractivity contribution in [2.45, 2.75) is 59.2 Å². The van der Waals surface area contributed by atoms with Gasteiger partial charge in [-0.25, -0.2) is 9.59 Å². The third-order valence-corrected chi connectivity index (χ3v) is 6.46. The van der Waals surface area contributed by atoms with Gasteiger partial charge in [0.15, 0.2) is 10.9 Å². The molecule has 42 heavy (non-hydrogen) atoms. The molecule has 0 amide bonds. The van der Waals surface area contributed by atoms with Crippen molar-refractivity contribution in [1.82, 2.24) is 9.88 Å². The Hall–Kier alpha value is -4.68. The standard InChI is InChI=1S/C19H17NO7.C11H17NO3/c1-3-5-9-16-10(13(21)7-12(18(23)24)20(16)4-2)6-11-14(22)8-15(19(25)26)27-17(9)11;1-7(2)12-6-11(15)8-3-9(13)5-10(14)4-8/h6-8H,3-5H2,1-2H3,(H,23,24)(H,25,26);3-5,7,11-15H,6H2,1-2H3. The van der Waals surface area contributed by atoms with Crippen LogP contribution in [0.15, 0.2) is 50.4 Å². The molecule has 12 nitrogen and oxygen atoms in total. The number of aromatic carboxylic acids is 2. The number of phenolic OH excluding ortho intramolecular Hbond substituents is 2. The summed E-state index contributed by atoms with van der Waals surface area (Å²) in [6, 6.07) is 7.64. The highest BCUT2D eigenvalue weighted by Gasteiger charge is 2.22. The van der Waals surface area contributed by atoms with Gasteiger partial charge in [0.1, 0.15) is 22.8 Å². The Kier molecular flexibility index (Phi) is 10.1. The molecule has 1 unspecified atom stereocenters. The second kappa shape index (κ2) is 13.3. The average Bonchev–Trinajstić information content (AvgIpc) is 2.91. The SMILES string of the molecule is CC(C)NCC(O)c1cc(O)cc(O)c1.CCCc1c2oc(C(=O)O)cc(=O)c2cc2c(=O)cc(C(=O)O)n(CC)c12. The van der Waals surface area contributed by atoms with Gasteiger partial charge in [0.2, 0.25) is 5.76 Å². The van der Waals surface area contributed by atoms with E-state index in [1.807, 2.05) is 20.8 Å². The molecule has 4 aromatic rings. The van der Waals surface area contributed by atoms with Gasteiger partial charge in [-0.1, -0.05) is 27.2 Å². The van der Waals surface area contributed by atoms with Crippen LogP contribution in [-0.4, -0.2) is 54.6 Å². The number of nitrogens with one attached hydrogen (secondary N) is 1. The molecule has 6 N–H and O–H groups in total. The molecule has 0 aliphatic heterocycles. The van der Waals surface area contributed by atoms with Crippen molar-refractivity contribution >= 4 is 33.8 Å². The normalized spacial score (nSPS) is 11.9. The van der Waals surface area contributed by atoms with E-state index in [1.54, 1.807) is 6.92 Å². The minimum absolute atomic E-state index is 0.0476. The zero-order chi connectivity index (χ0) is 31.3. The summed E-state index contributed by atoms with van der Waals surface area (Å²) in [5.74, 6) is -3.24. The largest absolute Gasteiger partial charge is 0.508 e. The number of carboxylic acid groups (broad SMARTS) is 2. The predicted molar refractivity (Wildman–Crippen MR) is 156 cm³/mol. The highest BCUT2D eigenvalue weighted by molar-refractivity contribution is 6.01. The molecule has 2 heterocycles. The fourth-order valence-electron chi connectivity index (χ4n) is 4.61. The number of fused-ring (bicyclic) bond motifs is 2. The van der Waals surface area contributed by atoms with Crippen molar-refractivity contribution in [3.05, 3.63) is 79.4 Å². The number of pyridine rings is 1. The number of aliphatic hydroxyl groups excluding tert-OH is 1. The van der Waals surface area contributed by atoms with Crippen LogP contribution in [0.1, 0.15) is 72.4 Å². The number of nitrogens with zero attached hydrogens (tertiary/aromatic N) is 1. The minimum atomic E-state index is -1.39. The van der Waals surface area contributed by atoms with E-state index in [2.05, 4.69) is 5.32 Å². The maximum atomic E-state index is 12.6. The highest BCUT2D eigenvalue weighted by atomic mass is 16.4. The van der Waals surface area contributed by atoms with Crippen LogP contribution in [0.3, 0.4) is 0 Å². The number of aryl methyl sites for hydroxylation is 2. The second-order valence-corrected chi connectivity index (χ2v) is 9.96. The number of aromatic nitrogens is 1. The van der Waals surface area contributed by atoms with Crippen LogP contribution in [0.2, 0.25) is 0 Å². The summed E-state index contributed by atoms with van der Waals surface area (Å²) < 4.78 is 6.94. The molecule has 12 heteroatoms. The van der Waals surface area contributed by atoms with Crippen LogP contribution in [0, 0.1) is 0 Å². The van der Waals surface area contributed by atoms with E-state index in [0.717, 1.165) is 12.1 Å². The number of phenols is 2. The summed E-state index contributed by atoms with van der Waals surface area (Å²) >= 11 is 0. The van der Waals surface area contributed by atoms with Gasteiger partial charge in [0.25, 0.3) is 0 Å². The van der Waals surface area contributed by atoms with Gasteiger partial charge in [-0.15, -0.1) is 0 Å². The molecular formula is C30H34N2O10. The Bertz CT molecular complexity index is 1730. The number of carboxylic acids is 2. The summed E-state index contributed by atoms with van der Waals surface area (Å²) in [4.78, 5) is 47.9. The fourth-order valence-corrected chi connectivity index (χ4v) is 4.61. The Morgan fingerprint density at radius 1 is 0.905 bits per heavy atom. The lowest BCUT2D eigenvalue weighted by atomic mass is 10.00. The Labute approximate surface area is 240 Å². The summed E-state index contributed by atoms with van der Waals surface area (Å²) in [7, 11) is 0. The van der Waals surface area contributed by atoms with E-state index in [0.29, 0.717) is 36.0 Å². The van der Waals surface area contributed by atoms with Crippen molar-refractivity contribution in [2.24, 2.45) is 0 Å². The lowest BCUT2D eigenvalue weighted by Gasteiger charge is -2.17. The maximum Gasteiger partial charge on any atom is 0.371 e. The first kappa shape index (κ1) is 31.8. The molecule has 0 aliphatic carbocycles. The van der Waals surface area contributed by atoms with Gasteiger partial charge in [-0.2, -0.15) is 0 Å². The van der Waals surface area contributed by atoms with Crippen molar-refractivity contribution in [3.8, 4) is 11.5 Å². The van der Waals surface area contributed by atoms with E-state index in [9.17, 15) is 44.7 Å². The van der Waals surface area contributed by atoms with E-state index < -0.39 is 34.7 Å². The van der Waals surface area contributed by atoms with Crippen LogP contribution >= 0.6 is 0 Å². The van der Waals surface area contributed by atoms with Crippen molar-refractivity contribution in [3.63, 3.8) is 0 Å². The zero-order valence-electron chi connectivity index (χ0n) is 23.7. The molecule has 0 bridgehead atoms. The van der Waals surface area contributed by atoms with E-state index >= 15 is 0 Å². The average molecular weight is 583 g/mol. The van der Waals surface area contributed by atoms with Crippen molar-refractivity contribution in [2.75, 3.05) is 6.54 Å². The smallest absolute Gasteiger partial charge is 0.371 e. The summed E-state index contributed by atoms with van der Waals surface area (Å²) in [5, 5.41) is 50.2. The molecular weight excluding hydrogens is 548 g/mol. The number of benzene rings is 2. The zero-order valence-corrected chi connectivity index (χ0v) is 23.7. The molecule has 0 spiro atoms. The summed E-state index contributed by atoms with van der Waals surface area (Å²) in [6.07, 6.45) is 0.262. The molecule has 0 radical (unpaired) electrons. The fraction of sp³-hybridized carbons (Fsp3) is 0.333. The van der Waals surface area contributed by atoms with Gasteiger partial charge in [0, 0.05) is 48.3 Å². The molecule has 224 valence electrons. The number of hydrogen-bond donors (Lipinski definition) is 6. The lowest BCUT2D eigenvalue weighted by Crippen LogP contribution is -2.27. The lowest BCUT2D eigenvalue weighted by molar-refractivity contribution is 0.0659. The third kappa shape index (κ3) is 6.96. The molecule has 0 saturated heterocycles. The summed E-state index contributed by atoms with van der Waals surface area (Å²) in [5.41, 5.74) is 0.0999. The first-order valence-electron chi connectivity index (χ1n) is 13.4.